The Balaban J connectivity index is 2.40. The lowest BCUT2D eigenvalue weighted by Gasteiger charge is -2.30. The van der Waals surface area contributed by atoms with Crippen LogP contribution in [0.3, 0.4) is 0 Å². The van der Waals surface area contributed by atoms with Crippen LogP contribution in [0.25, 0.3) is 0 Å². The summed E-state index contributed by atoms with van der Waals surface area (Å²) in [5, 5.41) is 8.74. The summed E-state index contributed by atoms with van der Waals surface area (Å²) in [5.41, 5.74) is 0. The van der Waals surface area contributed by atoms with Gasteiger partial charge >= 0.3 is 5.97 Å². The summed E-state index contributed by atoms with van der Waals surface area (Å²) in [6, 6.07) is 0. The van der Waals surface area contributed by atoms with Gasteiger partial charge in [0.2, 0.25) is 0 Å². The Labute approximate surface area is 83.9 Å². The van der Waals surface area contributed by atoms with Gasteiger partial charge in [0.25, 0.3) is 0 Å². The number of nitrogens with zero attached hydrogens (tertiary/aromatic N) is 1. The van der Waals surface area contributed by atoms with Crippen LogP contribution in [-0.4, -0.2) is 41.4 Å². The molecule has 0 saturated carbocycles. The summed E-state index contributed by atoms with van der Waals surface area (Å²) in [7, 11) is 0. The minimum atomic E-state index is -0.769. The van der Waals surface area contributed by atoms with E-state index in [0.29, 0.717) is 31.8 Å². The Kier molecular flexibility index (Phi) is 3.63. The molecule has 1 N–H and O–H groups in total. The lowest BCUT2D eigenvalue weighted by atomic mass is 9.97. The summed E-state index contributed by atoms with van der Waals surface area (Å²) < 4.78 is 0. The molecule has 0 bridgehead atoms. The second-order valence-electron chi connectivity index (χ2n) is 4.12. The number of hydrogen-bond acceptors (Lipinski definition) is 3. The number of carboxylic acid groups (broad SMARTS) is 1. The van der Waals surface area contributed by atoms with Gasteiger partial charge in [-0.3, -0.25) is 9.59 Å². The van der Waals surface area contributed by atoms with E-state index in [1.807, 2.05) is 6.92 Å². The van der Waals surface area contributed by atoms with Crippen molar-refractivity contribution in [1.82, 2.24) is 4.90 Å². The first-order valence-corrected chi connectivity index (χ1v) is 4.98. The molecule has 0 radical (unpaired) electrons. The molecule has 2 unspecified atom stereocenters. The zero-order valence-corrected chi connectivity index (χ0v) is 8.69. The highest BCUT2D eigenvalue weighted by atomic mass is 16.4. The average molecular weight is 199 g/mol. The molecule has 0 aromatic rings. The summed E-state index contributed by atoms with van der Waals surface area (Å²) in [6.45, 7) is 5.56. The molecule has 1 aliphatic rings. The summed E-state index contributed by atoms with van der Waals surface area (Å²) >= 11 is 0. The number of likely N-dealkylation sites (tertiary alicyclic amines) is 1. The molecular weight excluding hydrogens is 182 g/mol. The van der Waals surface area contributed by atoms with E-state index in [0.717, 1.165) is 0 Å². The smallest absolute Gasteiger partial charge is 0.307 e. The van der Waals surface area contributed by atoms with Crippen molar-refractivity contribution in [2.45, 2.75) is 20.3 Å². The molecule has 1 fully saturated rings. The lowest BCUT2D eigenvalue weighted by molar-refractivity contribution is -0.142. The van der Waals surface area contributed by atoms with Gasteiger partial charge in [0.05, 0.1) is 5.92 Å². The van der Waals surface area contributed by atoms with Crippen molar-refractivity contribution in [1.29, 1.82) is 0 Å². The Morgan fingerprint density at radius 3 is 2.86 bits per heavy atom. The van der Waals surface area contributed by atoms with E-state index in [-0.39, 0.29) is 11.8 Å². The van der Waals surface area contributed by atoms with Crippen molar-refractivity contribution in [3.05, 3.63) is 0 Å². The Bertz CT molecular complexity index is 240. The molecule has 1 heterocycles. The predicted molar refractivity (Wildman–Crippen MR) is 52.0 cm³/mol. The predicted octanol–water partition coefficient (Wildman–Crippen LogP) is 0.618. The molecule has 14 heavy (non-hydrogen) atoms. The van der Waals surface area contributed by atoms with Gasteiger partial charge in [0.15, 0.2) is 0 Å². The molecule has 0 spiro atoms. The number of aliphatic carboxylic acids is 1. The molecule has 4 nitrogen and oxygen atoms in total. The zero-order chi connectivity index (χ0) is 10.7. The summed E-state index contributed by atoms with van der Waals surface area (Å²) in [5.74, 6) is -0.765. The highest BCUT2D eigenvalue weighted by molar-refractivity contribution is 5.81. The van der Waals surface area contributed by atoms with Crippen molar-refractivity contribution in [3.8, 4) is 0 Å². The number of ketones is 1. The number of carbonyl (C=O) groups is 2. The van der Waals surface area contributed by atoms with Gasteiger partial charge in [0.1, 0.15) is 5.78 Å². The van der Waals surface area contributed by atoms with Gasteiger partial charge in [0, 0.05) is 32.0 Å². The van der Waals surface area contributed by atoms with Gasteiger partial charge in [-0.15, -0.1) is 0 Å². The molecule has 1 rings (SSSR count). The van der Waals surface area contributed by atoms with Crippen molar-refractivity contribution in [2.75, 3.05) is 19.6 Å². The molecule has 0 aromatic heterocycles. The van der Waals surface area contributed by atoms with Gasteiger partial charge in [-0.05, 0) is 0 Å². The van der Waals surface area contributed by atoms with Gasteiger partial charge in [-0.2, -0.15) is 0 Å². The first kappa shape index (κ1) is 11.2. The van der Waals surface area contributed by atoms with Crippen LogP contribution in [0.1, 0.15) is 20.3 Å². The fraction of sp³-hybridized carbons (Fsp3) is 0.800. The topological polar surface area (TPSA) is 57.6 Å². The van der Waals surface area contributed by atoms with Crippen LogP contribution < -0.4 is 0 Å². The first-order chi connectivity index (χ1) is 6.50. The normalized spacial score (nSPS) is 26.1. The molecule has 0 aromatic carbocycles. The molecule has 2 atom stereocenters. The number of hydrogen-bond donors (Lipinski definition) is 1. The summed E-state index contributed by atoms with van der Waals surface area (Å²) in [4.78, 5) is 23.9. The second-order valence-corrected chi connectivity index (χ2v) is 4.12. The highest BCUT2D eigenvalue weighted by Gasteiger charge is 2.25. The first-order valence-electron chi connectivity index (χ1n) is 4.98. The molecule has 1 aliphatic heterocycles. The van der Waals surface area contributed by atoms with Crippen LogP contribution in [0, 0.1) is 11.8 Å². The molecule has 1 saturated heterocycles. The Morgan fingerprint density at radius 1 is 1.71 bits per heavy atom. The van der Waals surface area contributed by atoms with Gasteiger partial charge < -0.3 is 10.0 Å². The van der Waals surface area contributed by atoms with Crippen LogP contribution in [0.4, 0.5) is 0 Å². The van der Waals surface area contributed by atoms with E-state index in [1.54, 1.807) is 6.92 Å². The standard InChI is InChI=1S/C10H17NO3/c1-7-5-11(4-3-9(7)12)6-8(2)10(13)14/h7-8H,3-6H2,1-2H3,(H,13,14). The van der Waals surface area contributed by atoms with Crippen molar-refractivity contribution in [3.63, 3.8) is 0 Å². The van der Waals surface area contributed by atoms with Crippen molar-refractivity contribution >= 4 is 11.8 Å². The third kappa shape index (κ3) is 2.80. The van der Waals surface area contributed by atoms with E-state index in [2.05, 4.69) is 4.90 Å². The van der Waals surface area contributed by atoms with Gasteiger partial charge in [-0.1, -0.05) is 13.8 Å². The quantitative estimate of drug-likeness (QED) is 0.723. The van der Waals surface area contributed by atoms with Crippen LogP contribution in [0.2, 0.25) is 0 Å². The van der Waals surface area contributed by atoms with Crippen molar-refractivity contribution < 1.29 is 14.7 Å². The van der Waals surface area contributed by atoms with E-state index < -0.39 is 5.97 Å². The number of piperidine rings is 1. The summed E-state index contributed by atoms with van der Waals surface area (Å²) in [6.07, 6.45) is 0.563. The Morgan fingerprint density at radius 2 is 2.36 bits per heavy atom. The highest BCUT2D eigenvalue weighted by Crippen LogP contribution is 2.13. The van der Waals surface area contributed by atoms with E-state index in [9.17, 15) is 9.59 Å². The minimum absolute atomic E-state index is 0.0599. The maximum atomic E-state index is 11.2. The van der Waals surface area contributed by atoms with Crippen LogP contribution in [0.5, 0.6) is 0 Å². The van der Waals surface area contributed by atoms with E-state index in [4.69, 9.17) is 5.11 Å². The second kappa shape index (κ2) is 4.55. The molecular formula is C10H17NO3. The Hall–Kier alpha value is -0.900. The van der Waals surface area contributed by atoms with Crippen LogP contribution in [-0.2, 0) is 9.59 Å². The van der Waals surface area contributed by atoms with Crippen LogP contribution in [0.15, 0.2) is 0 Å². The monoisotopic (exact) mass is 199 g/mol. The van der Waals surface area contributed by atoms with Crippen molar-refractivity contribution in [2.24, 2.45) is 11.8 Å². The minimum Gasteiger partial charge on any atom is -0.481 e. The van der Waals surface area contributed by atoms with E-state index >= 15 is 0 Å². The number of Topliss-reactive ketones (excluding diaryl/α,β-unsaturated/α-hetero) is 1. The third-order valence-electron chi connectivity index (χ3n) is 2.71. The fourth-order valence-corrected chi connectivity index (χ4v) is 1.73. The molecule has 80 valence electrons. The number of carboxylic acids is 1. The SMILES string of the molecule is CC(CN1CCC(=O)C(C)C1)C(=O)O. The zero-order valence-electron chi connectivity index (χ0n) is 8.69. The number of rotatable bonds is 3. The third-order valence-corrected chi connectivity index (χ3v) is 2.71. The molecule has 0 amide bonds. The lowest BCUT2D eigenvalue weighted by Crippen LogP contribution is -2.42. The maximum absolute atomic E-state index is 11.2. The number of carbonyl (C=O) groups excluding carboxylic acids is 1. The molecule has 0 aliphatic carbocycles. The maximum Gasteiger partial charge on any atom is 0.307 e. The fourth-order valence-electron chi connectivity index (χ4n) is 1.73. The largest absolute Gasteiger partial charge is 0.481 e. The average Bonchev–Trinajstić information content (AvgIpc) is 2.11. The van der Waals surface area contributed by atoms with Gasteiger partial charge in [-0.25, -0.2) is 0 Å². The molecule has 4 heteroatoms. The van der Waals surface area contributed by atoms with Crippen LogP contribution >= 0.6 is 0 Å². The van der Waals surface area contributed by atoms with E-state index in [1.165, 1.54) is 0 Å².